The lowest BCUT2D eigenvalue weighted by atomic mass is 10.3. The second-order valence-electron chi connectivity index (χ2n) is 2.70. The maximum absolute atomic E-state index is 11.8. The van der Waals surface area contributed by atoms with E-state index in [0.29, 0.717) is 34.0 Å². The first-order valence-electron chi connectivity index (χ1n) is 4.08. The van der Waals surface area contributed by atoms with Gasteiger partial charge in [0, 0.05) is 11.4 Å². The number of hydrogen-bond acceptors (Lipinski definition) is 2. The predicted octanol–water partition coefficient (Wildman–Crippen LogP) is 3.42. The molecule has 2 N–H and O–H groups in total. The second kappa shape index (κ2) is 5.41. The Hall–Kier alpha value is -0.480. The summed E-state index contributed by atoms with van der Waals surface area (Å²) in [5, 5.41) is 0.534. The van der Waals surface area contributed by atoms with Crippen molar-refractivity contribution < 1.29 is 9.13 Å². The molecular weight excluding hydrogens is 272 g/mol. The third-order valence-corrected chi connectivity index (χ3v) is 2.37. The summed E-state index contributed by atoms with van der Waals surface area (Å²) in [4.78, 5) is 0. The molecule has 0 bridgehead atoms. The first-order valence-corrected chi connectivity index (χ1v) is 5.25. The monoisotopic (exact) mass is 281 g/mol. The van der Waals surface area contributed by atoms with E-state index in [1.54, 1.807) is 12.1 Å². The van der Waals surface area contributed by atoms with Crippen LogP contribution in [0.5, 0.6) is 5.75 Å². The molecule has 0 radical (unpaired) electrons. The predicted molar refractivity (Wildman–Crippen MR) is 59.7 cm³/mol. The van der Waals surface area contributed by atoms with E-state index in [-0.39, 0.29) is 0 Å². The van der Waals surface area contributed by atoms with Crippen LogP contribution in [0.15, 0.2) is 16.6 Å². The SMILES string of the molecule is Nc1cc(Cl)cc(Br)c1OCCCF. The number of nitrogen functional groups attached to an aromatic ring is 1. The maximum Gasteiger partial charge on any atom is 0.156 e. The van der Waals surface area contributed by atoms with Crippen LogP contribution in [0.4, 0.5) is 10.1 Å². The summed E-state index contributed by atoms with van der Waals surface area (Å²) in [5.74, 6) is 0.517. The summed E-state index contributed by atoms with van der Waals surface area (Å²) < 4.78 is 17.8. The van der Waals surface area contributed by atoms with Gasteiger partial charge in [-0.3, -0.25) is 4.39 Å². The zero-order chi connectivity index (χ0) is 10.6. The number of benzene rings is 1. The van der Waals surface area contributed by atoms with Crippen molar-refractivity contribution in [3.8, 4) is 5.75 Å². The van der Waals surface area contributed by atoms with Gasteiger partial charge in [-0.05, 0) is 28.1 Å². The van der Waals surface area contributed by atoms with Crippen molar-refractivity contribution in [2.45, 2.75) is 6.42 Å². The molecule has 1 rings (SSSR count). The van der Waals surface area contributed by atoms with E-state index in [1.807, 2.05) is 0 Å². The zero-order valence-corrected chi connectivity index (χ0v) is 9.74. The Balaban J connectivity index is 2.75. The van der Waals surface area contributed by atoms with Crippen molar-refractivity contribution in [2.24, 2.45) is 0 Å². The molecule has 0 fully saturated rings. The van der Waals surface area contributed by atoms with Crippen LogP contribution in [-0.2, 0) is 0 Å². The second-order valence-corrected chi connectivity index (χ2v) is 3.99. The average molecular weight is 283 g/mol. The van der Waals surface area contributed by atoms with Gasteiger partial charge in [0.25, 0.3) is 0 Å². The van der Waals surface area contributed by atoms with Crippen LogP contribution in [0.2, 0.25) is 5.02 Å². The lowest BCUT2D eigenvalue weighted by molar-refractivity contribution is 0.289. The van der Waals surface area contributed by atoms with Crippen LogP contribution in [0, 0.1) is 0 Å². The molecular formula is C9H10BrClFNO. The Morgan fingerprint density at radius 1 is 1.50 bits per heavy atom. The van der Waals surface area contributed by atoms with Gasteiger partial charge in [0.15, 0.2) is 5.75 Å². The average Bonchev–Trinajstić information content (AvgIpc) is 2.09. The summed E-state index contributed by atoms with van der Waals surface area (Å²) >= 11 is 9.02. The highest BCUT2D eigenvalue weighted by Crippen LogP contribution is 2.34. The molecule has 0 aliphatic carbocycles. The summed E-state index contributed by atoms with van der Waals surface area (Å²) in [6.07, 6.45) is 0.356. The minimum Gasteiger partial charge on any atom is -0.490 e. The van der Waals surface area contributed by atoms with Gasteiger partial charge in [-0.2, -0.15) is 0 Å². The fourth-order valence-corrected chi connectivity index (χ4v) is 1.91. The number of alkyl halides is 1. The molecule has 78 valence electrons. The summed E-state index contributed by atoms with van der Waals surface area (Å²) in [7, 11) is 0. The molecule has 1 aromatic carbocycles. The topological polar surface area (TPSA) is 35.2 Å². The van der Waals surface area contributed by atoms with E-state index < -0.39 is 6.67 Å². The first-order chi connectivity index (χ1) is 6.65. The van der Waals surface area contributed by atoms with E-state index >= 15 is 0 Å². The van der Waals surface area contributed by atoms with Crippen molar-refractivity contribution in [1.29, 1.82) is 0 Å². The molecule has 0 unspecified atom stereocenters. The number of hydrogen-bond donors (Lipinski definition) is 1. The highest BCUT2D eigenvalue weighted by molar-refractivity contribution is 9.10. The molecule has 1 aromatic rings. The fraction of sp³-hybridized carbons (Fsp3) is 0.333. The van der Waals surface area contributed by atoms with Gasteiger partial charge in [-0.25, -0.2) is 0 Å². The number of anilines is 1. The van der Waals surface area contributed by atoms with Gasteiger partial charge in [-0.15, -0.1) is 0 Å². The van der Waals surface area contributed by atoms with Crippen LogP contribution in [-0.4, -0.2) is 13.3 Å². The van der Waals surface area contributed by atoms with Crippen LogP contribution >= 0.6 is 27.5 Å². The minimum absolute atomic E-state index is 0.306. The Morgan fingerprint density at radius 3 is 2.79 bits per heavy atom. The lowest BCUT2D eigenvalue weighted by Gasteiger charge is -2.10. The molecule has 0 aliphatic rings. The Kier molecular flexibility index (Phi) is 4.48. The van der Waals surface area contributed by atoms with Gasteiger partial charge >= 0.3 is 0 Å². The molecule has 14 heavy (non-hydrogen) atoms. The Bertz CT molecular complexity index is 299. The molecule has 0 atom stereocenters. The highest BCUT2D eigenvalue weighted by Gasteiger charge is 2.07. The number of ether oxygens (including phenoxy) is 1. The van der Waals surface area contributed by atoms with Gasteiger partial charge < -0.3 is 10.5 Å². The van der Waals surface area contributed by atoms with Crippen molar-refractivity contribution >= 4 is 33.2 Å². The fourth-order valence-electron chi connectivity index (χ4n) is 0.961. The maximum atomic E-state index is 11.8. The van der Waals surface area contributed by atoms with Crippen LogP contribution < -0.4 is 10.5 Å². The molecule has 0 aliphatic heterocycles. The number of nitrogens with two attached hydrogens (primary N) is 1. The molecule has 2 nitrogen and oxygen atoms in total. The number of halogens is 3. The molecule has 5 heteroatoms. The molecule has 0 amide bonds. The van der Waals surface area contributed by atoms with Crippen molar-refractivity contribution in [1.82, 2.24) is 0 Å². The third kappa shape index (κ3) is 3.03. The highest BCUT2D eigenvalue weighted by atomic mass is 79.9. The lowest BCUT2D eigenvalue weighted by Crippen LogP contribution is -2.01. The first kappa shape index (κ1) is 11.6. The molecule has 0 aromatic heterocycles. The van der Waals surface area contributed by atoms with Crippen LogP contribution in [0.1, 0.15) is 6.42 Å². The Labute approximate surface area is 95.3 Å². The third-order valence-electron chi connectivity index (χ3n) is 1.56. The molecule has 0 saturated carbocycles. The van der Waals surface area contributed by atoms with Crippen molar-refractivity contribution in [3.05, 3.63) is 21.6 Å². The van der Waals surface area contributed by atoms with Crippen molar-refractivity contribution in [3.63, 3.8) is 0 Å². The molecule has 0 saturated heterocycles. The van der Waals surface area contributed by atoms with E-state index in [2.05, 4.69) is 15.9 Å². The normalized spacial score (nSPS) is 10.2. The zero-order valence-electron chi connectivity index (χ0n) is 7.40. The van der Waals surface area contributed by atoms with E-state index in [9.17, 15) is 4.39 Å². The quantitative estimate of drug-likeness (QED) is 0.678. The smallest absolute Gasteiger partial charge is 0.156 e. The van der Waals surface area contributed by atoms with Gasteiger partial charge in [0.1, 0.15) is 0 Å². The Morgan fingerprint density at radius 2 is 2.21 bits per heavy atom. The van der Waals surface area contributed by atoms with Gasteiger partial charge in [0.05, 0.1) is 23.4 Å². The van der Waals surface area contributed by atoms with Crippen LogP contribution in [0.3, 0.4) is 0 Å². The summed E-state index contributed by atoms with van der Waals surface area (Å²) in [6.45, 7) is -0.0912. The van der Waals surface area contributed by atoms with Crippen molar-refractivity contribution in [2.75, 3.05) is 19.0 Å². The number of rotatable bonds is 4. The van der Waals surface area contributed by atoms with Gasteiger partial charge in [0.2, 0.25) is 0 Å². The molecule has 0 heterocycles. The molecule has 0 spiro atoms. The minimum atomic E-state index is -0.398. The largest absolute Gasteiger partial charge is 0.490 e. The van der Waals surface area contributed by atoms with Crippen LogP contribution in [0.25, 0.3) is 0 Å². The standard InChI is InChI=1S/C9H10BrClFNO/c10-7-4-6(11)5-8(13)9(7)14-3-1-2-12/h4-5H,1-3,13H2. The van der Waals surface area contributed by atoms with Gasteiger partial charge in [-0.1, -0.05) is 11.6 Å². The van der Waals surface area contributed by atoms with E-state index in [1.165, 1.54) is 0 Å². The summed E-state index contributed by atoms with van der Waals surface area (Å²) in [5.41, 5.74) is 6.12. The van der Waals surface area contributed by atoms with E-state index in [0.717, 1.165) is 0 Å². The summed E-state index contributed by atoms with van der Waals surface area (Å²) in [6, 6.07) is 3.28. The van der Waals surface area contributed by atoms with E-state index in [4.69, 9.17) is 22.1 Å².